The van der Waals surface area contributed by atoms with Crippen LogP contribution in [0.2, 0.25) is 10.0 Å². The average molecular weight is 354 g/mol. The highest BCUT2D eigenvalue weighted by Gasteiger charge is 2.19. The van der Waals surface area contributed by atoms with E-state index in [1.807, 2.05) is 19.9 Å². The van der Waals surface area contributed by atoms with Gasteiger partial charge in [-0.05, 0) is 26.0 Å². The zero-order chi connectivity index (χ0) is 14.2. The summed E-state index contributed by atoms with van der Waals surface area (Å²) in [6.07, 6.45) is 0. The molecule has 1 aromatic carbocycles. The number of carbonyl (C=O) groups excluding carboxylic acids is 1. The number of halogens is 3. The first-order valence-corrected chi connectivity index (χ1v) is 7.30. The molecule has 0 radical (unpaired) electrons. The van der Waals surface area contributed by atoms with Crippen molar-refractivity contribution in [3.05, 3.63) is 33.1 Å². The van der Waals surface area contributed by atoms with Crippen LogP contribution < -0.4 is 11.1 Å². The Kier molecular flexibility index (Phi) is 5.70. The third-order valence-corrected chi connectivity index (χ3v) is 4.39. The molecule has 0 aliphatic rings. The molecule has 0 aliphatic carbocycles. The Balaban J connectivity index is 0.00000200. The molecule has 2 rings (SSSR count). The number of fused-ring (bicyclic) bond motifs is 1. The Hall–Kier alpha value is -0.520. The summed E-state index contributed by atoms with van der Waals surface area (Å²) in [5.74, 6) is -0.208. The van der Waals surface area contributed by atoms with Crippen molar-refractivity contribution in [2.24, 2.45) is 5.73 Å². The van der Waals surface area contributed by atoms with E-state index in [0.29, 0.717) is 21.5 Å². The van der Waals surface area contributed by atoms with Gasteiger partial charge in [0.1, 0.15) is 4.88 Å². The number of carbonyl (C=O) groups is 1. The van der Waals surface area contributed by atoms with Gasteiger partial charge >= 0.3 is 0 Å². The van der Waals surface area contributed by atoms with E-state index in [1.165, 1.54) is 11.3 Å². The Labute approximate surface area is 137 Å². The quantitative estimate of drug-likeness (QED) is 0.873. The van der Waals surface area contributed by atoms with Crippen molar-refractivity contribution in [1.29, 1.82) is 0 Å². The molecule has 2 aromatic rings. The lowest BCUT2D eigenvalue weighted by molar-refractivity contribution is 0.0950. The van der Waals surface area contributed by atoms with Gasteiger partial charge in [0.25, 0.3) is 5.91 Å². The Morgan fingerprint density at radius 1 is 1.40 bits per heavy atom. The van der Waals surface area contributed by atoms with E-state index in [2.05, 4.69) is 5.32 Å². The van der Waals surface area contributed by atoms with Gasteiger partial charge in [0.05, 0.1) is 5.02 Å². The molecule has 0 aliphatic heterocycles. The van der Waals surface area contributed by atoms with E-state index >= 15 is 0 Å². The summed E-state index contributed by atoms with van der Waals surface area (Å²) in [5, 5.41) is 4.71. The van der Waals surface area contributed by atoms with Crippen molar-refractivity contribution in [3.63, 3.8) is 0 Å². The number of hydrogen-bond acceptors (Lipinski definition) is 3. The number of thiophene rings is 1. The number of nitrogens with two attached hydrogens (primary N) is 1. The van der Waals surface area contributed by atoms with Gasteiger partial charge in [-0.15, -0.1) is 23.7 Å². The van der Waals surface area contributed by atoms with Crippen molar-refractivity contribution in [3.8, 4) is 0 Å². The van der Waals surface area contributed by atoms with Crippen LogP contribution in [0.1, 0.15) is 23.5 Å². The highest BCUT2D eigenvalue weighted by atomic mass is 35.5. The third-order valence-electron chi connectivity index (χ3n) is 2.50. The van der Waals surface area contributed by atoms with E-state index in [1.54, 1.807) is 12.1 Å². The second-order valence-corrected chi connectivity index (χ2v) is 6.92. The van der Waals surface area contributed by atoms with Crippen LogP contribution in [-0.2, 0) is 0 Å². The maximum Gasteiger partial charge on any atom is 0.262 e. The maximum atomic E-state index is 12.1. The second kappa shape index (κ2) is 6.50. The minimum absolute atomic E-state index is 0. The molecular weight excluding hydrogens is 339 g/mol. The molecule has 20 heavy (non-hydrogen) atoms. The number of rotatable bonds is 3. The van der Waals surface area contributed by atoms with Crippen LogP contribution >= 0.6 is 46.9 Å². The monoisotopic (exact) mass is 352 g/mol. The lowest BCUT2D eigenvalue weighted by Crippen LogP contribution is -2.45. The molecular formula is C13H15Cl3N2OS. The minimum atomic E-state index is -0.456. The number of nitrogens with one attached hydrogen (secondary N) is 1. The number of hydrogen-bond donors (Lipinski definition) is 2. The number of benzene rings is 1. The molecule has 0 unspecified atom stereocenters. The van der Waals surface area contributed by atoms with Gasteiger partial charge < -0.3 is 11.1 Å². The third kappa shape index (κ3) is 3.99. The molecule has 0 atom stereocenters. The minimum Gasteiger partial charge on any atom is -0.349 e. The molecule has 110 valence electrons. The van der Waals surface area contributed by atoms with Gasteiger partial charge in [-0.1, -0.05) is 29.3 Å². The standard InChI is InChI=1S/C13H14Cl2N2OS.ClH/c1-13(2,16)6-17-12(18)11-10(15)8-4-3-7(14)5-9(8)19-11;/h3-5H,6,16H2,1-2H3,(H,17,18);1H. The molecule has 1 heterocycles. The fraction of sp³-hybridized carbons (Fsp3) is 0.308. The first-order chi connectivity index (χ1) is 8.78. The fourth-order valence-electron chi connectivity index (χ4n) is 1.57. The maximum absolute atomic E-state index is 12.1. The summed E-state index contributed by atoms with van der Waals surface area (Å²) < 4.78 is 0.898. The van der Waals surface area contributed by atoms with Crippen LogP contribution in [0.5, 0.6) is 0 Å². The Morgan fingerprint density at radius 3 is 2.65 bits per heavy atom. The Bertz CT molecular complexity index is 634. The van der Waals surface area contributed by atoms with Crippen LogP contribution in [-0.4, -0.2) is 18.0 Å². The molecule has 0 saturated heterocycles. The molecule has 0 bridgehead atoms. The molecule has 1 amide bonds. The largest absolute Gasteiger partial charge is 0.349 e. The van der Waals surface area contributed by atoms with E-state index in [9.17, 15) is 4.79 Å². The summed E-state index contributed by atoms with van der Waals surface area (Å²) in [6.45, 7) is 4.08. The van der Waals surface area contributed by atoms with Crippen molar-refractivity contribution in [1.82, 2.24) is 5.32 Å². The van der Waals surface area contributed by atoms with Gasteiger partial charge in [0.2, 0.25) is 0 Å². The van der Waals surface area contributed by atoms with Crippen LogP contribution in [0.4, 0.5) is 0 Å². The van der Waals surface area contributed by atoms with Gasteiger partial charge in [-0.3, -0.25) is 4.79 Å². The molecule has 7 heteroatoms. The zero-order valence-corrected chi connectivity index (χ0v) is 14.1. The summed E-state index contributed by atoms with van der Waals surface area (Å²) in [5.41, 5.74) is 5.38. The predicted molar refractivity (Wildman–Crippen MR) is 89.7 cm³/mol. The zero-order valence-electron chi connectivity index (χ0n) is 11.0. The van der Waals surface area contributed by atoms with E-state index in [-0.39, 0.29) is 18.3 Å². The average Bonchev–Trinajstić information content (AvgIpc) is 2.62. The lowest BCUT2D eigenvalue weighted by Gasteiger charge is -2.18. The first kappa shape index (κ1) is 17.5. The smallest absolute Gasteiger partial charge is 0.262 e. The molecule has 0 spiro atoms. The van der Waals surface area contributed by atoms with E-state index in [4.69, 9.17) is 28.9 Å². The van der Waals surface area contributed by atoms with Gasteiger partial charge in [-0.2, -0.15) is 0 Å². The van der Waals surface area contributed by atoms with E-state index < -0.39 is 5.54 Å². The van der Waals surface area contributed by atoms with Crippen LogP contribution in [0.25, 0.3) is 10.1 Å². The summed E-state index contributed by atoms with van der Waals surface area (Å²) in [4.78, 5) is 12.6. The number of amides is 1. The van der Waals surface area contributed by atoms with Gasteiger partial charge in [0, 0.05) is 27.2 Å². The predicted octanol–water partition coefficient (Wildman–Crippen LogP) is 4.10. The normalized spacial score (nSPS) is 11.2. The van der Waals surface area contributed by atoms with Crippen LogP contribution in [0, 0.1) is 0 Å². The second-order valence-electron chi connectivity index (χ2n) is 5.06. The van der Waals surface area contributed by atoms with Crippen LogP contribution in [0.3, 0.4) is 0 Å². The highest BCUT2D eigenvalue weighted by Crippen LogP contribution is 2.36. The Morgan fingerprint density at radius 2 is 2.05 bits per heavy atom. The summed E-state index contributed by atoms with van der Waals surface area (Å²) >= 11 is 13.5. The SMILES string of the molecule is CC(C)(N)CNC(=O)c1sc2cc(Cl)ccc2c1Cl.Cl. The highest BCUT2D eigenvalue weighted by molar-refractivity contribution is 7.21. The van der Waals surface area contributed by atoms with Crippen molar-refractivity contribution < 1.29 is 4.79 Å². The summed E-state index contributed by atoms with van der Waals surface area (Å²) in [6, 6.07) is 5.38. The topological polar surface area (TPSA) is 55.1 Å². The fourth-order valence-corrected chi connectivity index (χ4v) is 3.28. The van der Waals surface area contributed by atoms with Crippen molar-refractivity contribution in [2.75, 3.05) is 6.54 Å². The van der Waals surface area contributed by atoms with Gasteiger partial charge in [-0.25, -0.2) is 0 Å². The lowest BCUT2D eigenvalue weighted by atomic mass is 10.1. The van der Waals surface area contributed by atoms with Gasteiger partial charge in [0.15, 0.2) is 0 Å². The van der Waals surface area contributed by atoms with Crippen molar-refractivity contribution in [2.45, 2.75) is 19.4 Å². The summed E-state index contributed by atoms with van der Waals surface area (Å²) in [7, 11) is 0. The molecule has 1 aromatic heterocycles. The molecule has 0 fully saturated rings. The van der Waals surface area contributed by atoms with Crippen molar-refractivity contribution >= 4 is 62.9 Å². The first-order valence-electron chi connectivity index (χ1n) is 5.72. The van der Waals surface area contributed by atoms with Crippen LogP contribution in [0.15, 0.2) is 18.2 Å². The molecule has 3 nitrogen and oxygen atoms in total. The molecule has 0 saturated carbocycles. The molecule has 3 N–H and O–H groups in total. The van der Waals surface area contributed by atoms with E-state index in [0.717, 1.165) is 10.1 Å².